The van der Waals surface area contributed by atoms with Gasteiger partial charge in [0.25, 0.3) is 0 Å². The van der Waals surface area contributed by atoms with Crippen LogP contribution in [0.4, 0.5) is 3.89 Å². The van der Waals surface area contributed by atoms with E-state index >= 15 is 0 Å². The second-order valence-electron chi connectivity index (χ2n) is 5.38. The summed E-state index contributed by atoms with van der Waals surface area (Å²) in [4.78, 5) is 14.0. The van der Waals surface area contributed by atoms with Crippen LogP contribution in [0.2, 0.25) is 0 Å². The summed E-state index contributed by atoms with van der Waals surface area (Å²) in [5.74, 6) is -0.684. The summed E-state index contributed by atoms with van der Waals surface area (Å²) in [5, 5.41) is 0. The molecule has 0 unspecified atom stereocenters. The molecular weight excluding hydrogens is 273 g/mol. The highest BCUT2D eigenvalue weighted by molar-refractivity contribution is 7.86. The molecule has 110 valence electrons. The van der Waals surface area contributed by atoms with Gasteiger partial charge in [0.05, 0.1) is 5.75 Å². The van der Waals surface area contributed by atoms with E-state index in [2.05, 4.69) is 0 Å². The van der Waals surface area contributed by atoms with Gasteiger partial charge in [0, 0.05) is 32.2 Å². The normalized spacial score (nSPS) is 26.4. The monoisotopic (exact) mass is 293 g/mol. The fourth-order valence-corrected chi connectivity index (χ4v) is 3.72. The maximum atomic E-state index is 12.7. The van der Waals surface area contributed by atoms with Gasteiger partial charge in [0.15, 0.2) is 0 Å². The number of carbonyl (C=O) groups is 1. The number of piperidine rings is 1. The molecule has 0 saturated carbocycles. The van der Waals surface area contributed by atoms with E-state index < -0.39 is 16.0 Å². The molecule has 1 amide bonds. The van der Waals surface area contributed by atoms with Crippen molar-refractivity contribution in [3.8, 4) is 0 Å². The summed E-state index contributed by atoms with van der Waals surface area (Å²) >= 11 is 0. The van der Waals surface area contributed by atoms with E-state index in [1.807, 2.05) is 0 Å². The lowest BCUT2D eigenvalue weighted by atomic mass is 9.95. The van der Waals surface area contributed by atoms with Crippen molar-refractivity contribution in [3.63, 3.8) is 0 Å². The molecule has 0 aromatic rings. The molecule has 2 rings (SSSR count). The van der Waals surface area contributed by atoms with E-state index in [1.165, 1.54) is 0 Å². The summed E-state index contributed by atoms with van der Waals surface area (Å²) in [7, 11) is -4.46. The quantitative estimate of drug-likeness (QED) is 0.727. The number of halogens is 1. The Bertz CT molecular complexity index is 419. The van der Waals surface area contributed by atoms with Crippen molar-refractivity contribution in [1.82, 2.24) is 4.90 Å². The zero-order valence-corrected chi connectivity index (χ0v) is 11.7. The van der Waals surface area contributed by atoms with Gasteiger partial charge in [-0.3, -0.25) is 4.79 Å². The molecule has 19 heavy (non-hydrogen) atoms. The number of hydrogen-bond donors (Lipinski definition) is 0. The average molecular weight is 293 g/mol. The van der Waals surface area contributed by atoms with Crippen LogP contribution in [0.25, 0.3) is 0 Å². The van der Waals surface area contributed by atoms with Crippen LogP contribution in [0.3, 0.4) is 0 Å². The summed E-state index contributed by atoms with van der Waals surface area (Å²) in [5.41, 5.74) is 0. The fourth-order valence-electron chi connectivity index (χ4n) is 2.89. The molecule has 2 saturated heterocycles. The highest BCUT2D eigenvalue weighted by atomic mass is 32.3. The van der Waals surface area contributed by atoms with Crippen LogP contribution in [0.5, 0.6) is 0 Å². The Hall–Kier alpha value is -0.690. The largest absolute Gasteiger partial charge is 0.381 e. The van der Waals surface area contributed by atoms with Gasteiger partial charge in [-0.15, -0.1) is 3.89 Å². The molecule has 0 bridgehead atoms. The molecule has 2 aliphatic heterocycles. The molecule has 0 aromatic carbocycles. The number of ether oxygens (including phenoxy) is 1. The summed E-state index contributed by atoms with van der Waals surface area (Å²) < 4.78 is 39.3. The lowest BCUT2D eigenvalue weighted by molar-refractivity contribution is -0.140. The van der Waals surface area contributed by atoms with E-state index in [0.29, 0.717) is 32.7 Å². The molecule has 0 radical (unpaired) electrons. The van der Waals surface area contributed by atoms with E-state index in [9.17, 15) is 17.1 Å². The van der Waals surface area contributed by atoms with Gasteiger partial charge in [-0.05, 0) is 31.6 Å². The molecular formula is C12H20FNO4S. The van der Waals surface area contributed by atoms with Crippen molar-refractivity contribution >= 4 is 16.1 Å². The average Bonchev–Trinajstić information content (AvgIpc) is 2.37. The number of rotatable bonds is 3. The standard InChI is InChI=1S/C12H20FNO4S/c13-19(16,17)9-10-2-1-5-14(8-10)12(15)11-3-6-18-7-4-11/h10-11H,1-9H2/t10-/m0/s1. The first-order valence-corrected chi connectivity index (χ1v) is 8.30. The Morgan fingerprint density at radius 3 is 2.58 bits per heavy atom. The number of carbonyl (C=O) groups excluding carboxylic acids is 1. The topological polar surface area (TPSA) is 63.7 Å². The highest BCUT2D eigenvalue weighted by Gasteiger charge is 2.31. The lowest BCUT2D eigenvalue weighted by Gasteiger charge is -2.35. The predicted molar refractivity (Wildman–Crippen MR) is 67.7 cm³/mol. The molecule has 2 heterocycles. The van der Waals surface area contributed by atoms with Crippen molar-refractivity contribution in [3.05, 3.63) is 0 Å². The first-order chi connectivity index (χ1) is 8.96. The zero-order valence-electron chi connectivity index (χ0n) is 10.9. The molecule has 0 aliphatic carbocycles. The number of hydrogen-bond acceptors (Lipinski definition) is 4. The molecule has 0 aromatic heterocycles. The van der Waals surface area contributed by atoms with Crippen LogP contribution in [0.15, 0.2) is 0 Å². The third-order valence-electron chi connectivity index (χ3n) is 3.84. The van der Waals surface area contributed by atoms with Gasteiger partial charge >= 0.3 is 10.2 Å². The van der Waals surface area contributed by atoms with Gasteiger partial charge in [-0.25, -0.2) is 0 Å². The van der Waals surface area contributed by atoms with Crippen LogP contribution in [0.1, 0.15) is 25.7 Å². The van der Waals surface area contributed by atoms with Crippen molar-refractivity contribution in [1.29, 1.82) is 0 Å². The fraction of sp³-hybridized carbons (Fsp3) is 0.917. The van der Waals surface area contributed by atoms with Gasteiger partial charge in [0.1, 0.15) is 0 Å². The van der Waals surface area contributed by atoms with Crippen molar-refractivity contribution in [2.75, 3.05) is 32.1 Å². The van der Waals surface area contributed by atoms with E-state index in [4.69, 9.17) is 4.74 Å². The van der Waals surface area contributed by atoms with Gasteiger partial charge < -0.3 is 9.64 Å². The van der Waals surface area contributed by atoms with Crippen LogP contribution in [-0.4, -0.2) is 51.3 Å². The Balaban J connectivity index is 1.91. The molecule has 7 heteroatoms. The number of nitrogens with zero attached hydrogens (tertiary/aromatic N) is 1. The predicted octanol–water partition coefficient (Wildman–Crippen LogP) is 0.951. The van der Waals surface area contributed by atoms with Crippen LogP contribution in [0, 0.1) is 11.8 Å². The van der Waals surface area contributed by atoms with Crippen molar-refractivity contribution < 1.29 is 21.8 Å². The Labute approximate surface area is 113 Å². The Morgan fingerprint density at radius 2 is 1.95 bits per heavy atom. The molecule has 2 fully saturated rings. The summed E-state index contributed by atoms with van der Waals surface area (Å²) in [6, 6.07) is 0. The molecule has 1 atom stereocenters. The second-order valence-corrected chi connectivity index (χ2v) is 6.80. The third-order valence-corrected chi connectivity index (χ3v) is 4.71. The van der Waals surface area contributed by atoms with E-state index in [1.54, 1.807) is 4.90 Å². The summed E-state index contributed by atoms with van der Waals surface area (Å²) in [6.07, 6.45) is 2.86. The molecule has 2 aliphatic rings. The maximum absolute atomic E-state index is 12.7. The second kappa shape index (κ2) is 6.17. The van der Waals surface area contributed by atoms with Crippen molar-refractivity contribution in [2.24, 2.45) is 11.8 Å². The van der Waals surface area contributed by atoms with Crippen LogP contribution in [-0.2, 0) is 19.8 Å². The van der Waals surface area contributed by atoms with Crippen molar-refractivity contribution in [2.45, 2.75) is 25.7 Å². The maximum Gasteiger partial charge on any atom is 0.302 e. The van der Waals surface area contributed by atoms with E-state index in [-0.39, 0.29) is 17.7 Å². The van der Waals surface area contributed by atoms with Gasteiger partial charge in [-0.1, -0.05) is 0 Å². The lowest BCUT2D eigenvalue weighted by Crippen LogP contribution is -2.45. The van der Waals surface area contributed by atoms with Gasteiger partial charge in [0.2, 0.25) is 5.91 Å². The van der Waals surface area contributed by atoms with Gasteiger partial charge in [-0.2, -0.15) is 8.42 Å². The van der Waals surface area contributed by atoms with Crippen LogP contribution < -0.4 is 0 Å². The molecule has 0 spiro atoms. The SMILES string of the molecule is O=C(C1CCOCC1)N1CCC[C@H](CS(=O)(=O)F)C1. The number of likely N-dealkylation sites (tertiary alicyclic amines) is 1. The smallest absolute Gasteiger partial charge is 0.302 e. The van der Waals surface area contributed by atoms with E-state index in [0.717, 1.165) is 19.3 Å². The molecule has 5 nitrogen and oxygen atoms in total. The Morgan fingerprint density at radius 1 is 1.26 bits per heavy atom. The minimum Gasteiger partial charge on any atom is -0.381 e. The Kier molecular flexibility index (Phi) is 4.78. The minimum atomic E-state index is -4.46. The van der Waals surface area contributed by atoms with Crippen LogP contribution >= 0.6 is 0 Å². The highest BCUT2D eigenvalue weighted by Crippen LogP contribution is 2.23. The summed E-state index contributed by atoms with van der Waals surface area (Å²) in [6.45, 7) is 2.22. The zero-order chi connectivity index (χ0) is 13.9. The minimum absolute atomic E-state index is 0.0190. The number of amides is 1. The first-order valence-electron chi connectivity index (χ1n) is 6.74. The molecule has 0 N–H and O–H groups in total. The first kappa shape index (κ1) is 14.7. The third kappa shape index (κ3) is 4.42.